The Labute approximate surface area is 195 Å². The molecule has 8 nitrogen and oxygen atoms in total. The quantitative estimate of drug-likeness (QED) is 0.577. The lowest BCUT2D eigenvalue weighted by Crippen LogP contribution is -2.34. The number of rotatable bonds is 6. The third-order valence-corrected chi connectivity index (χ3v) is 6.29. The second kappa shape index (κ2) is 9.67. The van der Waals surface area contributed by atoms with Crippen molar-refractivity contribution in [3.05, 3.63) is 58.6 Å². The molecule has 0 aromatic carbocycles. The van der Waals surface area contributed by atoms with E-state index >= 15 is 0 Å². The highest BCUT2D eigenvalue weighted by atomic mass is 15.3. The van der Waals surface area contributed by atoms with E-state index in [1.807, 2.05) is 25.1 Å². The molecule has 1 aliphatic heterocycles. The van der Waals surface area contributed by atoms with Crippen molar-refractivity contribution < 1.29 is 0 Å². The molecule has 0 aliphatic carbocycles. The molecule has 3 aromatic rings. The van der Waals surface area contributed by atoms with Crippen molar-refractivity contribution in [2.24, 2.45) is 0 Å². The molecule has 8 heteroatoms. The molecule has 3 aromatic heterocycles. The van der Waals surface area contributed by atoms with Crippen molar-refractivity contribution in [2.75, 3.05) is 11.9 Å². The maximum Gasteiger partial charge on any atom is 0.140 e. The van der Waals surface area contributed by atoms with Gasteiger partial charge >= 0.3 is 0 Å². The molecule has 0 spiro atoms. The Hall–Kier alpha value is -3.31. The third kappa shape index (κ3) is 5.04. The fraction of sp³-hybridized carbons (Fsp3) is 0.480. The molecule has 1 N–H and O–H groups in total. The zero-order chi connectivity index (χ0) is 23.5. The van der Waals surface area contributed by atoms with Crippen LogP contribution in [0.5, 0.6) is 0 Å². The van der Waals surface area contributed by atoms with Crippen molar-refractivity contribution in [3.63, 3.8) is 0 Å². The number of nitriles is 1. The third-order valence-electron chi connectivity index (χ3n) is 6.29. The van der Waals surface area contributed by atoms with Crippen LogP contribution in [-0.4, -0.2) is 36.2 Å². The second-order valence-corrected chi connectivity index (χ2v) is 9.06. The van der Waals surface area contributed by atoms with E-state index in [0.29, 0.717) is 11.7 Å². The normalized spacial score (nSPS) is 16.7. The van der Waals surface area contributed by atoms with Crippen molar-refractivity contribution in [2.45, 2.75) is 72.5 Å². The number of hydrogen-bond donors (Lipinski definition) is 1. The molecule has 1 atom stereocenters. The van der Waals surface area contributed by atoms with E-state index in [1.165, 1.54) is 24.1 Å². The molecule has 1 saturated heterocycles. The SMILES string of the molecule is Cc1nc(Nc2ccc(C#N)nc2)cc([C@H]2CCCCN2Cc2c(C)nn(C(C)C)c2C)n1. The maximum absolute atomic E-state index is 8.96. The number of aromatic nitrogens is 5. The standard InChI is InChI=1S/C25H32N8/c1-16(2)33-18(4)22(17(3)31-33)15-32-11-7-6-8-24(32)23-12-25(29-19(5)28-23)30-21-10-9-20(13-26)27-14-21/h9-10,12,14,16,24H,6-8,11,15H2,1-5H3,(H,28,29,30)/t24-/m1/s1. The summed E-state index contributed by atoms with van der Waals surface area (Å²) in [5, 5.41) is 17.1. The highest BCUT2D eigenvalue weighted by Crippen LogP contribution is 2.33. The van der Waals surface area contributed by atoms with E-state index in [2.05, 4.69) is 52.6 Å². The predicted octanol–water partition coefficient (Wildman–Crippen LogP) is 4.92. The number of piperidine rings is 1. The van der Waals surface area contributed by atoms with Gasteiger partial charge in [-0.2, -0.15) is 10.4 Å². The Morgan fingerprint density at radius 1 is 1.18 bits per heavy atom. The van der Waals surface area contributed by atoms with E-state index < -0.39 is 0 Å². The average Bonchev–Trinajstić information content (AvgIpc) is 3.08. The zero-order valence-electron chi connectivity index (χ0n) is 20.1. The van der Waals surface area contributed by atoms with Crippen molar-refractivity contribution in [3.8, 4) is 6.07 Å². The highest BCUT2D eigenvalue weighted by Gasteiger charge is 2.28. The van der Waals surface area contributed by atoms with Gasteiger partial charge in [-0.05, 0) is 66.1 Å². The van der Waals surface area contributed by atoms with Gasteiger partial charge in [-0.1, -0.05) is 6.42 Å². The van der Waals surface area contributed by atoms with Gasteiger partial charge in [-0.25, -0.2) is 15.0 Å². The Balaban J connectivity index is 1.59. The van der Waals surface area contributed by atoms with Crippen LogP contribution in [0.4, 0.5) is 11.5 Å². The summed E-state index contributed by atoms with van der Waals surface area (Å²) in [6, 6.07) is 8.22. The summed E-state index contributed by atoms with van der Waals surface area (Å²) in [6.45, 7) is 12.5. The van der Waals surface area contributed by atoms with Gasteiger partial charge < -0.3 is 5.32 Å². The average molecular weight is 445 g/mol. The van der Waals surface area contributed by atoms with Gasteiger partial charge in [0.05, 0.1) is 29.3 Å². The Kier molecular flexibility index (Phi) is 6.70. The number of pyridine rings is 1. The number of likely N-dealkylation sites (tertiary alicyclic amines) is 1. The first kappa shape index (κ1) is 22.9. The Morgan fingerprint density at radius 3 is 2.67 bits per heavy atom. The van der Waals surface area contributed by atoms with Gasteiger partial charge in [-0.3, -0.25) is 9.58 Å². The first-order chi connectivity index (χ1) is 15.9. The van der Waals surface area contributed by atoms with Crippen LogP contribution in [0.2, 0.25) is 0 Å². The first-order valence-electron chi connectivity index (χ1n) is 11.6. The highest BCUT2D eigenvalue weighted by molar-refractivity contribution is 5.55. The van der Waals surface area contributed by atoms with Gasteiger partial charge in [0.25, 0.3) is 0 Å². The monoisotopic (exact) mass is 444 g/mol. The van der Waals surface area contributed by atoms with Crippen LogP contribution in [0.3, 0.4) is 0 Å². The topological polar surface area (TPSA) is 95.5 Å². The number of hydrogen-bond acceptors (Lipinski definition) is 7. The molecule has 172 valence electrons. The number of anilines is 2. The van der Waals surface area contributed by atoms with Gasteiger partial charge in [-0.15, -0.1) is 0 Å². The minimum atomic E-state index is 0.237. The van der Waals surface area contributed by atoms with E-state index in [9.17, 15) is 0 Å². The van der Waals surface area contributed by atoms with Crippen molar-refractivity contribution in [1.82, 2.24) is 29.6 Å². The molecule has 1 aliphatic rings. The molecule has 0 amide bonds. The molecule has 33 heavy (non-hydrogen) atoms. The van der Waals surface area contributed by atoms with E-state index in [4.69, 9.17) is 15.3 Å². The van der Waals surface area contributed by atoms with Gasteiger partial charge in [0.2, 0.25) is 0 Å². The van der Waals surface area contributed by atoms with Crippen molar-refractivity contribution in [1.29, 1.82) is 5.26 Å². The van der Waals surface area contributed by atoms with Crippen LogP contribution in [0.25, 0.3) is 0 Å². The van der Waals surface area contributed by atoms with Crippen LogP contribution >= 0.6 is 0 Å². The molecule has 0 unspecified atom stereocenters. The molecule has 0 radical (unpaired) electrons. The first-order valence-corrected chi connectivity index (χ1v) is 11.6. The summed E-state index contributed by atoms with van der Waals surface area (Å²) in [6.07, 6.45) is 5.11. The van der Waals surface area contributed by atoms with Crippen LogP contribution in [0.15, 0.2) is 24.4 Å². The van der Waals surface area contributed by atoms with E-state index in [1.54, 1.807) is 12.3 Å². The number of aryl methyl sites for hydroxylation is 2. The van der Waals surface area contributed by atoms with Gasteiger partial charge in [0.15, 0.2) is 0 Å². The fourth-order valence-corrected chi connectivity index (χ4v) is 4.65. The summed E-state index contributed by atoms with van der Waals surface area (Å²) < 4.78 is 2.13. The molecule has 1 fully saturated rings. The lowest BCUT2D eigenvalue weighted by atomic mass is 9.97. The summed E-state index contributed by atoms with van der Waals surface area (Å²) in [4.78, 5) is 16.1. The second-order valence-electron chi connectivity index (χ2n) is 9.06. The predicted molar refractivity (Wildman–Crippen MR) is 128 cm³/mol. The van der Waals surface area contributed by atoms with Crippen LogP contribution in [0, 0.1) is 32.1 Å². The largest absolute Gasteiger partial charge is 0.339 e. The molecule has 0 bridgehead atoms. The zero-order valence-corrected chi connectivity index (χ0v) is 20.1. The Morgan fingerprint density at radius 2 is 2.00 bits per heavy atom. The Bertz CT molecular complexity index is 1160. The van der Waals surface area contributed by atoms with Gasteiger partial charge in [0.1, 0.15) is 23.4 Å². The van der Waals surface area contributed by atoms with Gasteiger partial charge in [0, 0.05) is 29.9 Å². The molecular weight excluding hydrogens is 412 g/mol. The molecular formula is C25H32N8. The number of nitrogens with one attached hydrogen (secondary N) is 1. The fourth-order valence-electron chi connectivity index (χ4n) is 4.65. The summed E-state index contributed by atoms with van der Waals surface area (Å²) >= 11 is 0. The van der Waals surface area contributed by atoms with Crippen LogP contribution in [-0.2, 0) is 6.54 Å². The minimum Gasteiger partial charge on any atom is -0.339 e. The summed E-state index contributed by atoms with van der Waals surface area (Å²) in [5.74, 6) is 1.48. The summed E-state index contributed by atoms with van der Waals surface area (Å²) in [5.41, 5.74) is 5.91. The maximum atomic E-state index is 8.96. The minimum absolute atomic E-state index is 0.237. The van der Waals surface area contributed by atoms with Crippen molar-refractivity contribution >= 4 is 11.5 Å². The molecule has 4 rings (SSSR count). The van der Waals surface area contributed by atoms with Crippen LogP contribution in [0.1, 0.15) is 79.4 Å². The summed E-state index contributed by atoms with van der Waals surface area (Å²) in [7, 11) is 0. The van der Waals surface area contributed by atoms with Crippen LogP contribution < -0.4 is 5.32 Å². The lowest BCUT2D eigenvalue weighted by molar-refractivity contribution is 0.136. The molecule has 4 heterocycles. The van der Waals surface area contributed by atoms with E-state index in [-0.39, 0.29) is 6.04 Å². The van der Waals surface area contributed by atoms with E-state index in [0.717, 1.165) is 48.2 Å². The lowest BCUT2D eigenvalue weighted by Gasteiger charge is -2.35. The smallest absolute Gasteiger partial charge is 0.140 e. The number of nitrogens with zero attached hydrogens (tertiary/aromatic N) is 7. The molecule has 0 saturated carbocycles.